The van der Waals surface area contributed by atoms with Gasteiger partial charge in [-0.25, -0.2) is 9.97 Å². The van der Waals surface area contributed by atoms with Crippen LogP contribution in [0.25, 0.3) is 11.4 Å². The molecule has 7 heteroatoms. The number of nitro groups is 1. The van der Waals surface area contributed by atoms with Crippen LogP contribution in [0.5, 0.6) is 0 Å². The van der Waals surface area contributed by atoms with Crippen LogP contribution in [0.1, 0.15) is 32.4 Å². The first-order valence-corrected chi connectivity index (χ1v) is 9.68. The number of piperidine rings is 1. The van der Waals surface area contributed by atoms with Gasteiger partial charge in [-0.05, 0) is 50.4 Å². The second-order valence-corrected chi connectivity index (χ2v) is 7.01. The van der Waals surface area contributed by atoms with Crippen molar-refractivity contribution in [1.82, 2.24) is 14.9 Å². The van der Waals surface area contributed by atoms with Crippen LogP contribution in [0, 0.1) is 16.0 Å². The second kappa shape index (κ2) is 8.90. The molecule has 2 aromatic rings. The number of nitrogens with zero attached hydrogens (tertiary/aromatic N) is 4. The molecule has 1 N–H and O–H groups in total. The summed E-state index contributed by atoms with van der Waals surface area (Å²) < 4.78 is 0. The van der Waals surface area contributed by atoms with Crippen LogP contribution < -0.4 is 5.32 Å². The number of likely N-dealkylation sites (tertiary alicyclic amines) is 1. The van der Waals surface area contributed by atoms with Crippen molar-refractivity contribution in [3.05, 3.63) is 46.1 Å². The van der Waals surface area contributed by atoms with E-state index in [-0.39, 0.29) is 5.69 Å². The van der Waals surface area contributed by atoms with Crippen molar-refractivity contribution in [2.75, 3.05) is 31.5 Å². The number of rotatable bonds is 7. The fourth-order valence-electron chi connectivity index (χ4n) is 3.48. The summed E-state index contributed by atoms with van der Waals surface area (Å²) in [5.41, 5.74) is 1.81. The molecule has 1 aromatic heterocycles. The van der Waals surface area contributed by atoms with Crippen molar-refractivity contribution in [2.45, 2.75) is 33.1 Å². The van der Waals surface area contributed by atoms with Crippen LogP contribution in [0.3, 0.4) is 0 Å². The Labute approximate surface area is 160 Å². The van der Waals surface area contributed by atoms with Crippen molar-refractivity contribution in [2.24, 2.45) is 5.92 Å². The maximum Gasteiger partial charge on any atom is 0.269 e. The zero-order valence-electron chi connectivity index (χ0n) is 16.0. The van der Waals surface area contributed by atoms with Crippen molar-refractivity contribution < 1.29 is 4.92 Å². The van der Waals surface area contributed by atoms with E-state index in [1.165, 1.54) is 31.5 Å². The number of aromatic nitrogens is 2. The minimum Gasteiger partial charge on any atom is -0.370 e. The molecule has 1 aromatic carbocycles. The smallest absolute Gasteiger partial charge is 0.269 e. The lowest BCUT2D eigenvalue weighted by Crippen LogP contribution is -2.37. The summed E-state index contributed by atoms with van der Waals surface area (Å²) in [7, 11) is 0. The van der Waals surface area contributed by atoms with E-state index in [2.05, 4.69) is 34.0 Å². The van der Waals surface area contributed by atoms with E-state index in [0.29, 0.717) is 11.7 Å². The minimum absolute atomic E-state index is 0.0709. The predicted molar refractivity (Wildman–Crippen MR) is 107 cm³/mol. The van der Waals surface area contributed by atoms with Gasteiger partial charge in [-0.15, -0.1) is 0 Å². The molecule has 1 saturated heterocycles. The fraction of sp³-hybridized carbons (Fsp3) is 0.500. The standard InChI is InChI=1S/C20H27N5O2/c1-3-17-12-19(21-13-15-6-5-11-24(4-2)14-15)23-20(22-17)16-7-9-18(10-8-16)25(26)27/h7-10,12,15H,3-6,11,13-14H2,1-2H3,(H,21,22,23). The van der Waals surface area contributed by atoms with Gasteiger partial charge in [0.2, 0.25) is 0 Å². The Morgan fingerprint density at radius 3 is 2.70 bits per heavy atom. The molecule has 144 valence electrons. The lowest BCUT2D eigenvalue weighted by atomic mass is 9.98. The van der Waals surface area contributed by atoms with Crippen LogP contribution in [0.15, 0.2) is 30.3 Å². The number of nitrogens with one attached hydrogen (secondary N) is 1. The monoisotopic (exact) mass is 369 g/mol. The highest BCUT2D eigenvalue weighted by molar-refractivity contribution is 5.59. The molecule has 1 atom stereocenters. The van der Waals surface area contributed by atoms with Crippen LogP contribution >= 0.6 is 0 Å². The van der Waals surface area contributed by atoms with E-state index in [9.17, 15) is 10.1 Å². The SMILES string of the molecule is CCc1cc(NCC2CCCN(CC)C2)nc(-c2ccc([N+](=O)[O-])cc2)n1. The first-order valence-electron chi connectivity index (χ1n) is 9.68. The van der Waals surface area contributed by atoms with Gasteiger partial charge in [0, 0.05) is 42.5 Å². The molecular formula is C20H27N5O2. The zero-order chi connectivity index (χ0) is 19.2. The molecule has 1 aliphatic rings. The van der Waals surface area contributed by atoms with Gasteiger partial charge < -0.3 is 10.2 Å². The van der Waals surface area contributed by atoms with Crippen LogP contribution in [-0.2, 0) is 6.42 Å². The summed E-state index contributed by atoms with van der Waals surface area (Å²) in [5.74, 6) is 2.05. The molecule has 1 aliphatic heterocycles. The second-order valence-electron chi connectivity index (χ2n) is 7.01. The number of aryl methyl sites for hydroxylation is 1. The molecule has 27 heavy (non-hydrogen) atoms. The lowest BCUT2D eigenvalue weighted by Gasteiger charge is -2.32. The molecule has 0 radical (unpaired) electrons. The molecule has 0 amide bonds. The largest absolute Gasteiger partial charge is 0.370 e. The van der Waals surface area contributed by atoms with Crippen LogP contribution in [-0.4, -0.2) is 46.0 Å². The Balaban J connectivity index is 1.74. The number of hydrogen-bond acceptors (Lipinski definition) is 6. The van der Waals surface area contributed by atoms with E-state index in [1.54, 1.807) is 12.1 Å². The van der Waals surface area contributed by atoms with Gasteiger partial charge in [-0.1, -0.05) is 13.8 Å². The summed E-state index contributed by atoms with van der Waals surface area (Å²) >= 11 is 0. The molecule has 0 bridgehead atoms. The number of anilines is 1. The third-order valence-electron chi connectivity index (χ3n) is 5.10. The van der Waals surface area contributed by atoms with Gasteiger partial charge in [0.15, 0.2) is 5.82 Å². The number of benzene rings is 1. The highest BCUT2D eigenvalue weighted by atomic mass is 16.6. The first-order chi connectivity index (χ1) is 13.1. The summed E-state index contributed by atoms with van der Waals surface area (Å²) in [6.07, 6.45) is 3.30. The molecule has 0 saturated carbocycles. The van der Waals surface area contributed by atoms with Gasteiger partial charge in [-0.2, -0.15) is 0 Å². The first kappa shape index (κ1) is 19.2. The molecular weight excluding hydrogens is 342 g/mol. The summed E-state index contributed by atoms with van der Waals surface area (Å²) in [4.78, 5) is 22.2. The maximum absolute atomic E-state index is 10.8. The Hall–Kier alpha value is -2.54. The summed E-state index contributed by atoms with van der Waals surface area (Å²) in [6.45, 7) is 8.61. The molecule has 3 rings (SSSR count). The molecule has 1 unspecified atom stereocenters. The average molecular weight is 369 g/mol. The van der Waals surface area contributed by atoms with Crippen LogP contribution in [0.4, 0.5) is 11.5 Å². The van der Waals surface area contributed by atoms with Gasteiger partial charge in [-0.3, -0.25) is 10.1 Å². The maximum atomic E-state index is 10.8. The van der Waals surface area contributed by atoms with E-state index in [4.69, 9.17) is 0 Å². The molecule has 1 fully saturated rings. The Bertz CT molecular complexity index is 778. The molecule has 0 spiro atoms. The Morgan fingerprint density at radius 2 is 2.04 bits per heavy atom. The van der Waals surface area contributed by atoms with Gasteiger partial charge in [0.1, 0.15) is 5.82 Å². The average Bonchev–Trinajstić information content (AvgIpc) is 2.72. The van der Waals surface area contributed by atoms with E-state index in [1.807, 2.05) is 6.07 Å². The summed E-state index contributed by atoms with van der Waals surface area (Å²) in [5, 5.41) is 14.3. The number of non-ortho nitro benzene ring substituents is 1. The molecule has 7 nitrogen and oxygen atoms in total. The van der Waals surface area contributed by atoms with Crippen LogP contribution in [0.2, 0.25) is 0 Å². The molecule has 0 aliphatic carbocycles. The molecule has 2 heterocycles. The summed E-state index contributed by atoms with van der Waals surface area (Å²) in [6, 6.07) is 8.39. The quantitative estimate of drug-likeness (QED) is 0.591. The normalized spacial score (nSPS) is 17.6. The highest BCUT2D eigenvalue weighted by Gasteiger charge is 2.18. The van der Waals surface area contributed by atoms with Gasteiger partial charge in [0.05, 0.1) is 4.92 Å². The Kier molecular flexibility index (Phi) is 6.34. The third kappa shape index (κ3) is 5.01. The lowest BCUT2D eigenvalue weighted by molar-refractivity contribution is -0.384. The van der Waals surface area contributed by atoms with Crippen molar-refractivity contribution in [1.29, 1.82) is 0 Å². The predicted octanol–water partition coefficient (Wildman–Crippen LogP) is 3.76. The van der Waals surface area contributed by atoms with E-state index < -0.39 is 4.92 Å². The zero-order valence-corrected chi connectivity index (χ0v) is 16.0. The fourth-order valence-corrected chi connectivity index (χ4v) is 3.48. The van der Waals surface area contributed by atoms with Gasteiger partial charge >= 0.3 is 0 Å². The number of hydrogen-bond donors (Lipinski definition) is 1. The minimum atomic E-state index is -0.399. The highest BCUT2D eigenvalue weighted by Crippen LogP contribution is 2.22. The topological polar surface area (TPSA) is 84.2 Å². The van der Waals surface area contributed by atoms with Crippen molar-refractivity contribution in [3.8, 4) is 11.4 Å². The Morgan fingerprint density at radius 1 is 1.26 bits per heavy atom. The van der Waals surface area contributed by atoms with E-state index in [0.717, 1.165) is 43.1 Å². The number of nitro benzene ring substituents is 1. The van der Waals surface area contributed by atoms with E-state index >= 15 is 0 Å². The third-order valence-corrected chi connectivity index (χ3v) is 5.10. The van der Waals surface area contributed by atoms with Crippen molar-refractivity contribution in [3.63, 3.8) is 0 Å². The van der Waals surface area contributed by atoms with Gasteiger partial charge in [0.25, 0.3) is 5.69 Å². The van der Waals surface area contributed by atoms with Crippen molar-refractivity contribution >= 4 is 11.5 Å².